The molecule has 1 saturated heterocycles. The van der Waals surface area contributed by atoms with Crippen LogP contribution in [0.2, 0.25) is 0 Å². The number of hydrogen-bond acceptors (Lipinski definition) is 5. The Morgan fingerprint density at radius 2 is 1.80 bits per heavy atom. The smallest absolute Gasteiger partial charge is 0.251 e. The molecule has 3 N–H and O–H groups in total. The van der Waals surface area contributed by atoms with Gasteiger partial charge < -0.3 is 20.6 Å². The number of nitriles is 1. The van der Waals surface area contributed by atoms with Crippen LogP contribution in [0.1, 0.15) is 59.5 Å². The summed E-state index contributed by atoms with van der Waals surface area (Å²) >= 11 is 0. The molecule has 0 radical (unpaired) electrons. The molecular weight excluding hydrogens is 447 g/mol. The molecule has 1 aliphatic heterocycles. The van der Waals surface area contributed by atoms with Crippen LogP contribution in [0.4, 0.5) is 4.39 Å². The van der Waals surface area contributed by atoms with E-state index in [-0.39, 0.29) is 23.7 Å². The van der Waals surface area contributed by atoms with Crippen molar-refractivity contribution in [1.29, 1.82) is 5.26 Å². The average molecular weight is 479 g/mol. The maximum absolute atomic E-state index is 13.2. The van der Waals surface area contributed by atoms with Crippen LogP contribution < -0.4 is 10.6 Å². The standard InChI is InChI=1S/C27H31FN4O3/c28-21-9-7-19(8-10-21)23-16-25(23)30-13-1-2-24(27(35)32-14-11-22(33)12-15-32)31-26(34)20-5-3-18(17-29)4-6-20/h3-10,22-25,30,33H,1-2,11-16H2,(H,31,34)/t23-,24-,25+/m0/s1. The minimum Gasteiger partial charge on any atom is -0.393 e. The molecule has 2 amide bonds. The minimum atomic E-state index is -0.665. The van der Waals surface area contributed by atoms with Gasteiger partial charge >= 0.3 is 0 Å². The van der Waals surface area contributed by atoms with E-state index in [9.17, 15) is 19.1 Å². The van der Waals surface area contributed by atoms with Crippen molar-refractivity contribution >= 4 is 11.8 Å². The minimum absolute atomic E-state index is 0.130. The van der Waals surface area contributed by atoms with Crippen molar-refractivity contribution in [3.8, 4) is 6.07 Å². The fourth-order valence-corrected chi connectivity index (χ4v) is 4.59. The van der Waals surface area contributed by atoms with Crippen molar-refractivity contribution < 1.29 is 19.1 Å². The fourth-order valence-electron chi connectivity index (χ4n) is 4.59. The zero-order chi connectivity index (χ0) is 24.8. The molecule has 2 aromatic carbocycles. The van der Waals surface area contributed by atoms with E-state index in [1.165, 1.54) is 12.1 Å². The van der Waals surface area contributed by atoms with Crippen LogP contribution in [0.3, 0.4) is 0 Å². The molecule has 35 heavy (non-hydrogen) atoms. The topological polar surface area (TPSA) is 105 Å². The van der Waals surface area contributed by atoms with Crippen LogP contribution in [-0.4, -0.2) is 59.6 Å². The predicted octanol–water partition coefficient (Wildman–Crippen LogP) is 2.70. The van der Waals surface area contributed by atoms with Gasteiger partial charge in [-0.2, -0.15) is 5.26 Å². The van der Waals surface area contributed by atoms with Gasteiger partial charge in [-0.05, 0) is 80.6 Å². The molecule has 0 unspecified atom stereocenters. The number of carbonyl (C=O) groups is 2. The monoisotopic (exact) mass is 478 g/mol. The van der Waals surface area contributed by atoms with Crippen LogP contribution in [0.5, 0.6) is 0 Å². The first kappa shape index (κ1) is 24.8. The maximum atomic E-state index is 13.2. The van der Waals surface area contributed by atoms with E-state index in [0.29, 0.717) is 68.4 Å². The summed E-state index contributed by atoms with van der Waals surface area (Å²) in [4.78, 5) is 27.8. The average Bonchev–Trinajstić information content (AvgIpc) is 3.66. The highest BCUT2D eigenvalue weighted by atomic mass is 19.1. The summed E-state index contributed by atoms with van der Waals surface area (Å²) in [6, 6.07) is 14.6. The van der Waals surface area contributed by atoms with E-state index in [1.807, 2.05) is 18.2 Å². The Balaban J connectivity index is 1.31. The van der Waals surface area contributed by atoms with Gasteiger partial charge in [-0.15, -0.1) is 0 Å². The molecule has 2 fully saturated rings. The summed E-state index contributed by atoms with van der Waals surface area (Å²) in [5, 5.41) is 25.1. The van der Waals surface area contributed by atoms with Gasteiger partial charge in [0, 0.05) is 30.6 Å². The second-order valence-corrected chi connectivity index (χ2v) is 9.37. The Bertz CT molecular complexity index is 1060. The summed E-state index contributed by atoms with van der Waals surface area (Å²) in [6.07, 6.45) is 2.88. The van der Waals surface area contributed by atoms with Crippen molar-refractivity contribution in [2.75, 3.05) is 19.6 Å². The van der Waals surface area contributed by atoms with E-state index < -0.39 is 6.04 Å². The zero-order valence-corrected chi connectivity index (χ0v) is 19.6. The van der Waals surface area contributed by atoms with E-state index in [0.717, 1.165) is 12.0 Å². The van der Waals surface area contributed by atoms with Crippen LogP contribution >= 0.6 is 0 Å². The van der Waals surface area contributed by atoms with Gasteiger partial charge in [0.15, 0.2) is 0 Å². The highest BCUT2D eigenvalue weighted by Crippen LogP contribution is 2.40. The van der Waals surface area contributed by atoms with Gasteiger partial charge in [0.1, 0.15) is 11.9 Å². The first-order valence-corrected chi connectivity index (χ1v) is 12.2. The van der Waals surface area contributed by atoms with Crippen LogP contribution in [0, 0.1) is 17.1 Å². The number of likely N-dealkylation sites (tertiary alicyclic amines) is 1. The zero-order valence-electron chi connectivity index (χ0n) is 19.6. The predicted molar refractivity (Wildman–Crippen MR) is 129 cm³/mol. The molecular formula is C27H31FN4O3. The Kier molecular flexibility index (Phi) is 8.11. The van der Waals surface area contributed by atoms with Crippen molar-refractivity contribution in [2.45, 2.75) is 56.2 Å². The summed E-state index contributed by atoms with van der Waals surface area (Å²) in [6.45, 7) is 1.66. The van der Waals surface area contributed by atoms with Crippen molar-refractivity contribution in [3.05, 3.63) is 71.0 Å². The third-order valence-corrected chi connectivity index (χ3v) is 6.82. The SMILES string of the molecule is N#Cc1ccc(C(=O)N[C@@H](CCCN[C@@H]2C[C@H]2c2ccc(F)cc2)C(=O)N2CCC(O)CC2)cc1. The number of piperidine rings is 1. The molecule has 1 saturated carbocycles. The lowest BCUT2D eigenvalue weighted by Crippen LogP contribution is -2.51. The number of halogens is 1. The molecule has 0 aromatic heterocycles. The molecule has 0 spiro atoms. The Morgan fingerprint density at radius 1 is 1.11 bits per heavy atom. The first-order chi connectivity index (χ1) is 16.9. The second kappa shape index (κ2) is 11.4. The molecule has 1 aliphatic carbocycles. The van der Waals surface area contributed by atoms with Crippen LogP contribution in [-0.2, 0) is 4.79 Å². The number of nitrogens with zero attached hydrogens (tertiary/aromatic N) is 2. The second-order valence-electron chi connectivity index (χ2n) is 9.37. The largest absolute Gasteiger partial charge is 0.393 e. The number of amides is 2. The molecule has 1 heterocycles. The van der Waals surface area contributed by atoms with E-state index in [2.05, 4.69) is 10.6 Å². The summed E-state index contributed by atoms with van der Waals surface area (Å²) < 4.78 is 13.1. The number of hydrogen-bond donors (Lipinski definition) is 3. The van der Waals surface area contributed by atoms with Crippen molar-refractivity contribution in [1.82, 2.24) is 15.5 Å². The molecule has 7 nitrogen and oxygen atoms in total. The number of aliphatic hydroxyl groups excluding tert-OH is 1. The molecule has 8 heteroatoms. The normalized spacial score (nSPS) is 20.7. The fraction of sp³-hybridized carbons (Fsp3) is 0.444. The van der Waals surface area contributed by atoms with Gasteiger partial charge in [-0.1, -0.05) is 12.1 Å². The van der Waals surface area contributed by atoms with E-state index in [1.54, 1.807) is 29.2 Å². The van der Waals surface area contributed by atoms with Crippen molar-refractivity contribution in [2.24, 2.45) is 0 Å². The van der Waals surface area contributed by atoms with Crippen LogP contribution in [0.15, 0.2) is 48.5 Å². The Labute approximate surface area is 204 Å². The number of nitrogens with one attached hydrogen (secondary N) is 2. The van der Waals surface area contributed by atoms with Crippen LogP contribution in [0.25, 0.3) is 0 Å². The molecule has 2 aromatic rings. The molecule has 184 valence electrons. The highest BCUT2D eigenvalue weighted by Gasteiger charge is 2.37. The number of benzene rings is 2. The number of rotatable bonds is 9. The van der Waals surface area contributed by atoms with Gasteiger partial charge in [0.25, 0.3) is 5.91 Å². The van der Waals surface area contributed by atoms with Gasteiger partial charge in [-0.25, -0.2) is 4.39 Å². The summed E-state index contributed by atoms with van der Waals surface area (Å²) in [5.41, 5.74) is 1.99. The summed E-state index contributed by atoms with van der Waals surface area (Å²) in [5.74, 6) is -0.337. The third-order valence-electron chi connectivity index (χ3n) is 6.82. The van der Waals surface area contributed by atoms with E-state index in [4.69, 9.17) is 5.26 Å². The first-order valence-electron chi connectivity index (χ1n) is 12.2. The van der Waals surface area contributed by atoms with Gasteiger partial charge in [-0.3, -0.25) is 9.59 Å². The molecule has 4 rings (SSSR count). The molecule has 0 bridgehead atoms. The molecule has 3 atom stereocenters. The lowest BCUT2D eigenvalue weighted by molar-refractivity contribution is -0.135. The highest BCUT2D eigenvalue weighted by molar-refractivity contribution is 5.97. The molecule has 2 aliphatic rings. The van der Waals surface area contributed by atoms with Gasteiger partial charge in [0.2, 0.25) is 5.91 Å². The Morgan fingerprint density at radius 3 is 2.46 bits per heavy atom. The number of aliphatic hydroxyl groups is 1. The van der Waals surface area contributed by atoms with Crippen molar-refractivity contribution in [3.63, 3.8) is 0 Å². The van der Waals surface area contributed by atoms with Gasteiger partial charge in [0.05, 0.1) is 17.7 Å². The number of carbonyl (C=O) groups excluding carboxylic acids is 2. The lowest BCUT2D eigenvalue weighted by Gasteiger charge is -2.32. The Hall–Kier alpha value is -3.28. The third kappa shape index (κ3) is 6.65. The maximum Gasteiger partial charge on any atom is 0.251 e. The quantitative estimate of drug-likeness (QED) is 0.481. The van der Waals surface area contributed by atoms with E-state index >= 15 is 0 Å². The lowest BCUT2D eigenvalue weighted by atomic mass is 10.0. The summed E-state index contributed by atoms with van der Waals surface area (Å²) in [7, 11) is 0.